The van der Waals surface area contributed by atoms with E-state index >= 15 is 0 Å². The van der Waals surface area contributed by atoms with Crippen molar-refractivity contribution >= 4 is 11.5 Å². The van der Waals surface area contributed by atoms with Gasteiger partial charge < -0.3 is 10.2 Å². The molecule has 0 spiro atoms. The van der Waals surface area contributed by atoms with E-state index in [0.717, 1.165) is 38.3 Å². The molecule has 0 fully saturated rings. The van der Waals surface area contributed by atoms with E-state index in [1.807, 2.05) is 0 Å². The molecule has 1 aromatic carbocycles. The molecule has 0 atom stereocenters. The van der Waals surface area contributed by atoms with Crippen LogP contribution in [-0.4, -0.2) is 23.1 Å². The van der Waals surface area contributed by atoms with Gasteiger partial charge in [0.15, 0.2) is 0 Å². The summed E-state index contributed by atoms with van der Waals surface area (Å²) in [4.78, 5) is 11.4. The third kappa shape index (κ3) is 1.88. The molecule has 2 aliphatic rings. The summed E-state index contributed by atoms with van der Waals surface area (Å²) in [6.45, 7) is 2.94. The largest absolute Gasteiger partial charge is 0.326 e. The van der Waals surface area contributed by atoms with Gasteiger partial charge in [-0.3, -0.25) is 0 Å². The number of nitrogens with one attached hydrogen (secondary N) is 1. The first-order valence-corrected chi connectivity index (χ1v) is 7.32. The molecule has 0 unspecified atom stereocenters. The Morgan fingerprint density at radius 3 is 3.05 bits per heavy atom. The Labute approximate surface area is 118 Å². The summed E-state index contributed by atoms with van der Waals surface area (Å²) >= 11 is 0. The molecule has 4 rings (SSSR count). The van der Waals surface area contributed by atoms with Crippen molar-refractivity contribution in [2.24, 2.45) is 0 Å². The second-order valence-corrected chi connectivity index (χ2v) is 5.43. The molecule has 1 aromatic heterocycles. The zero-order chi connectivity index (χ0) is 13.4. The van der Waals surface area contributed by atoms with Crippen molar-refractivity contribution in [2.75, 3.05) is 18.0 Å². The molecule has 4 nitrogen and oxygen atoms in total. The summed E-state index contributed by atoms with van der Waals surface area (Å²) < 4.78 is 0. The molecule has 0 saturated carbocycles. The van der Waals surface area contributed by atoms with Gasteiger partial charge in [-0.05, 0) is 24.5 Å². The van der Waals surface area contributed by atoms with Crippen LogP contribution in [0.3, 0.4) is 0 Å². The molecule has 0 radical (unpaired) electrons. The first-order chi connectivity index (χ1) is 9.93. The number of rotatable bonds is 1. The minimum Gasteiger partial charge on any atom is -0.326 e. The smallest absolute Gasteiger partial charge is 0.141 e. The van der Waals surface area contributed by atoms with Crippen LogP contribution in [0.5, 0.6) is 0 Å². The average molecular weight is 266 g/mol. The van der Waals surface area contributed by atoms with E-state index in [1.165, 1.54) is 28.9 Å². The van der Waals surface area contributed by atoms with Crippen LogP contribution in [0.1, 0.15) is 23.2 Å². The summed E-state index contributed by atoms with van der Waals surface area (Å²) in [5.74, 6) is 1.09. The van der Waals surface area contributed by atoms with Gasteiger partial charge >= 0.3 is 0 Å². The predicted molar refractivity (Wildman–Crippen MR) is 79.2 cm³/mol. The first-order valence-electron chi connectivity index (χ1n) is 7.32. The average Bonchev–Trinajstić information content (AvgIpc) is 2.54. The first kappa shape index (κ1) is 11.9. The number of anilines is 2. The molecule has 0 bridgehead atoms. The fraction of sp³-hybridized carbons (Fsp3) is 0.375. The van der Waals surface area contributed by atoms with E-state index in [4.69, 9.17) is 0 Å². The van der Waals surface area contributed by atoms with E-state index in [1.54, 1.807) is 6.33 Å². The molecule has 0 amide bonds. The minimum absolute atomic E-state index is 0.879. The van der Waals surface area contributed by atoms with Gasteiger partial charge in [0.2, 0.25) is 0 Å². The number of benzene rings is 1. The van der Waals surface area contributed by atoms with E-state index in [0.29, 0.717) is 0 Å². The molecule has 4 heteroatoms. The van der Waals surface area contributed by atoms with Gasteiger partial charge in [-0.25, -0.2) is 9.97 Å². The number of hydrogen-bond acceptors (Lipinski definition) is 4. The molecule has 2 aliphatic heterocycles. The number of hydrogen-bond donors (Lipinski definition) is 1. The molecular weight excluding hydrogens is 248 g/mol. The van der Waals surface area contributed by atoms with Gasteiger partial charge in [-0.1, -0.05) is 18.2 Å². The molecule has 0 aliphatic carbocycles. The van der Waals surface area contributed by atoms with Gasteiger partial charge in [0.25, 0.3) is 0 Å². The minimum atomic E-state index is 0.879. The van der Waals surface area contributed by atoms with Crippen molar-refractivity contribution in [3.05, 3.63) is 47.4 Å². The zero-order valence-electron chi connectivity index (χ0n) is 11.5. The van der Waals surface area contributed by atoms with Gasteiger partial charge in [0, 0.05) is 37.3 Å². The molecule has 3 heterocycles. The number of aryl methyl sites for hydroxylation is 1. The standard InChI is InChI=1S/C16H18N4/c1-2-6-15-12(4-1)5-3-9-20(15)16-13-10-17-8-7-14(13)18-11-19-16/h1-2,4,6,11,17H,3,5,7-10H2. The Kier molecular flexibility index (Phi) is 2.89. The van der Waals surface area contributed by atoms with Gasteiger partial charge in [-0.15, -0.1) is 0 Å². The molecule has 0 saturated heterocycles. The van der Waals surface area contributed by atoms with Crippen LogP contribution in [-0.2, 0) is 19.4 Å². The number of aromatic nitrogens is 2. The summed E-state index contributed by atoms with van der Waals surface area (Å²) in [5.41, 5.74) is 5.22. The van der Waals surface area contributed by atoms with E-state index in [-0.39, 0.29) is 0 Å². The van der Waals surface area contributed by atoms with Crippen LogP contribution in [0.2, 0.25) is 0 Å². The lowest BCUT2D eigenvalue weighted by molar-refractivity contribution is 0.622. The Morgan fingerprint density at radius 2 is 2.05 bits per heavy atom. The molecule has 1 N–H and O–H groups in total. The van der Waals surface area contributed by atoms with Crippen LogP contribution >= 0.6 is 0 Å². The third-order valence-corrected chi connectivity index (χ3v) is 4.22. The highest BCUT2D eigenvalue weighted by molar-refractivity contribution is 5.68. The predicted octanol–water partition coefficient (Wildman–Crippen LogP) is 2.21. The Balaban J connectivity index is 1.83. The maximum Gasteiger partial charge on any atom is 0.141 e. The zero-order valence-corrected chi connectivity index (χ0v) is 11.5. The van der Waals surface area contributed by atoms with Crippen molar-refractivity contribution < 1.29 is 0 Å². The Morgan fingerprint density at radius 1 is 1.10 bits per heavy atom. The molecule has 102 valence electrons. The maximum absolute atomic E-state index is 4.59. The van der Waals surface area contributed by atoms with Crippen molar-refractivity contribution in [1.29, 1.82) is 0 Å². The summed E-state index contributed by atoms with van der Waals surface area (Å²) in [7, 11) is 0. The summed E-state index contributed by atoms with van der Waals surface area (Å²) in [6, 6.07) is 8.68. The van der Waals surface area contributed by atoms with Gasteiger partial charge in [-0.2, -0.15) is 0 Å². The molecular formula is C16H18N4. The molecule has 2 aromatic rings. The van der Waals surface area contributed by atoms with E-state index in [9.17, 15) is 0 Å². The topological polar surface area (TPSA) is 41.1 Å². The maximum atomic E-state index is 4.59. The third-order valence-electron chi connectivity index (χ3n) is 4.22. The van der Waals surface area contributed by atoms with Crippen LogP contribution in [0.25, 0.3) is 0 Å². The number of fused-ring (bicyclic) bond motifs is 2. The fourth-order valence-electron chi connectivity index (χ4n) is 3.24. The second kappa shape index (κ2) is 4.87. The number of nitrogens with zero attached hydrogens (tertiary/aromatic N) is 3. The lowest BCUT2D eigenvalue weighted by Gasteiger charge is -2.33. The van der Waals surface area contributed by atoms with E-state index in [2.05, 4.69) is 44.5 Å². The van der Waals surface area contributed by atoms with Crippen LogP contribution in [0.15, 0.2) is 30.6 Å². The highest BCUT2D eigenvalue weighted by Gasteiger charge is 2.24. The normalized spacial score (nSPS) is 17.5. The van der Waals surface area contributed by atoms with Crippen molar-refractivity contribution in [1.82, 2.24) is 15.3 Å². The highest BCUT2D eigenvalue weighted by atomic mass is 15.2. The Hall–Kier alpha value is -1.94. The number of para-hydroxylation sites is 1. The monoisotopic (exact) mass is 266 g/mol. The van der Waals surface area contributed by atoms with Crippen LogP contribution < -0.4 is 10.2 Å². The lowest BCUT2D eigenvalue weighted by Crippen LogP contribution is -2.31. The second-order valence-electron chi connectivity index (χ2n) is 5.43. The fourth-order valence-corrected chi connectivity index (χ4v) is 3.24. The SMILES string of the molecule is c1ccc2c(c1)CCCN2c1ncnc2c1CNCC2. The Bertz CT molecular complexity index is 638. The summed E-state index contributed by atoms with van der Waals surface area (Å²) in [6.07, 6.45) is 5.07. The van der Waals surface area contributed by atoms with Crippen LogP contribution in [0.4, 0.5) is 11.5 Å². The summed E-state index contributed by atoms with van der Waals surface area (Å²) in [5, 5.41) is 3.44. The van der Waals surface area contributed by atoms with Crippen molar-refractivity contribution in [3.8, 4) is 0 Å². The quantitative estimate of drug-likeness (QED) is 0.859. The highest BCUT2D eigenvalue weighted by Crippen LogP contribution is 2.34. The molecule has 20 heavy (non-hydrogen) atoms. The van der Waals surface area contributed by atoms with Gasteiger partial charge in [0.05, 0.1) is 5.69 Å². The van der Waals surface area contributed by atoms with Crippen molar-refractivity contribution in [2.45, 2.75) is 25.8 Å². The van der Waals surface area contributed by atoms with Gasteiger partial charge in [0.1, 0.15) is 12.1 Å². The van der Waals surface area contributed by atoms with Crippen LogP contribution in [0, 0.1) is 0 Å². The lowest BCUT2D eigenvalue weighted by atomic mass is 10.0. The van der Waals surface area contributed by atoms with E-state index < -0.39 is 0 Å². The van der Waals surface area contributed by atoms with Crippen molar-refractivity contribution in [3.63, 3.8) is 0 Å².